The number of aromatic nitrogens is 2. The number of rotatable bonds is 3. The molecule has 2 rings (SSSR count). The largest absolute Gasteiger partial charge is 0.382 e. The molecule has 0 radical (unpaired) electrons. The van der Waals surface area contributed by atoms with Crippen LogP contribution in [0.4, 0.5) is 5.82 Å². The third-order valence-electron chi connectivity index (χ3n) is 4.42. The maximum Gasteiger partial charge on any atom is 0.232 e. The first-order valence-electron chi connectivity index (χ1n) is 8.34. The fraction of sp³-hybridized carbons (Fsp3) is 0.765. The van der Waals surface area contributed by atoms with Crippen molar-refractivity contribution < 1.29 is 4.79 Å². The van der Waals surface area contributed by atoms with Crippen molar-refractivity contribution in [1.82, 2.24) is 15.1 Å². The number of carbonyl (C=O) groups excluding carboxylic acids is 1. The van der Waals surface area contributed by atoms with Crippen LogP contribution in [0.2, 0.25) is 0 Å². The zero-order chi connectivity index (χ0) is 16.5. The van der Waals surface area contributed by atoms with Crippen LogP contribution in [0.5, 0.6) is 0 Å². The van der Waals surface area contributed by atoms with Crippen molar-refractivity contribution in [1.29, 1.82) is 0 Å². The van der Waals surface area contributed by atoms with E-state index in [0.717, 1.165) is 31.4 Å². The monoisotopic (exact) mass is 306 g/mol. The smallest absolute Gasteiger partial charge is 0.232 e. The van der Waals surface area contributed by atoms with Crippen LogP contribution in [-0.2, 0) is 15.7 Å². The van der Waals surface area contributed by atoms with Crippen LogP contribution in [0.25, 0.3) is 0 Å². The van der Waals surface area contributed by atoms with Gasteiger partial charge >= 0.3 is 0 Å². The molecule has 0 saturated heterocycles. The molecule has 1 aliphatic carbocycles. The third-order valence-corrected chi connectivity index (χ3v) is 4.42. The zero-order valence-electron chi connectivity index (χ0n) is 14.6. The summed E-state index contributed by atoms with van der Waals surface area (Å²) in [5, 5.41) is 7.60. The van der Waals surface area contributed by atoms with Crippen LogP contribution >= 0.6 is 0 Å². The van der Waals surface area contributed by atoms with Crippen molar-refractivity contribution in [3.63, 3.8) is 0 Å². The number of nitrogens with one attached hydrogen (secondary N) is 1. The van der Waals surface area contributed by atoms with E-state index in [2.05, 4.69) is 31.2 Å². The molecule has 3 N–H and O–H groups in total. The molecule has 5 heteroatoms. The zero-order valence-corrected chi connectivity index (χ0v) is 14.6. The van der Waals surface area contributed by atoms with Gasteiger partial charge in [-0.2, -0.15) is 5.10 Å². The van der Waals surface area contributed by atoms with E-state index in [9.17, 15) is 4.79 Å². The van der Waals surface area contributed by atoms with Gasteiger partial charge in [-0.05, 0) is 47.5 Å². The molecule has 22 heavy (non-hydrogen) atoms. The van der Waals surface area contributed by atoms with Crippen molar-refractivity contribution in [2.45, 2.75) is 83.7 Å². The van der Waals surface area contributed by atoms with Gasteiger partial charge in [-0.25, -0.2) is 0 Å². The van der Waals surface area contributed by atoms with E-state index in [1.165, 1.54) is 6.42 Å². The molecule has 1 saturated carbocycles. The second-order valence-electron chi connectivity index (χ2n) is 7.81. The lowest BCUT2D eigenvalue weighted by molar-refractivity contribution is -0.129. The van der Waals surface area contributed by atoms with Gasteiger partial charge in [0.25, 0.3) is 0 Å². The number of nitrogen functional groups attached to an aromatic ring is 1. The molecule has 0 aromatic carbocycles. The van der Waals surface area contributed by atoms with Crippen LogP contribution in [0.1, 0.15) is 72.4 Å². The first kappa shape index (κ1) is 16.8. The quantitative estimate of drug-likeness (QED) is 0.901. The molecular weight excluding hydrogens is 276 g/mol. The fourth-order valence-electron chi connectivity index (χ4n) is 3.41. The van der Waals surface area contributed by atoms with E-state index in [1.54, 1.807) is 0 Å². The van der Waals surface area contributed by atoms with Crippen LogP contribution in [0.15, 0.2) is 6.07 Å². The SMILES string of the molecule is CC(C)NC(=O)C1(c2cc(N)nn2C(C)(C)C)CCCCC1. The molecule has 0 atom stereocenters. The average molecular weight is 306 g/mol. The van der Waals surface area contributed by atoms with Gasteiger partial charge < -0.3 is 11.1 Å². The third kappa shape index (κ3) is 3.13. The second-order valence-corrected chi connectivity index (χ2v) is 7.81. The topological polar surface area (TPSA) is 72.9 Å². The maximum atomic E-state index is 13.0. The van der Waals surface area contributed by atoms with Crippen LogP contribution in [0, 0.1) is 0 Å². The molecule has 1 aliphatic rings. The molecule has 1 heterocycles. The Morgan fingerprint density at radius 2 is 1.91 bits per heavy atom. The highest BCUT2D eigenvalue weighted by Gasteiger charge is 2.45. The van der Waals surface area contributed by atoms with E-state index in [4.69, 9.17) is 5.73 Å². The molecule has 1 aromatic rings. The van der Waals surface area contributed by atoms with Crippen LogP contribution < -0.4 is 11.1 Å². The molecule has 124 valence electrons. The van der Waals surface area contributed by atoms with Gasteiger partial charge in [0, 0.05) is 12.1 Å². The molecule has 0 spiro atoms. The Balaban J connectivity index is 2.53. The summed E-state index contributed by atoms with van der Waals surface area (Å²) < 4.78 is 1.95. The molecule has 0 bridgehead atoms. The molecule has 1 aromatic heterocycles. The van der Waals surface area contributed by atoms with Gasteiger partial charge in [-0.1, -0.05) is 19.3 Å². The number of hydrogen-bond donors (Lipinski definition) is 2. The summed E-state index contributed by atoms with van der Waals surface area (Å²) in [6.07, 6.45) is 5.07. The van der Waals surface area contributed by atoms with E-state index >= 15 is 0 Å². The van der Waals surface area contributed by atoms with Gasteiger partial charge in [-0.3, -0.25) is 9.48 Å². The highest BCUT2D eigenvalue weighted by molar-refractivity contribution is 5.88. The lowest BCUT2D eigenvalue weighted by Gasteiger charge is -2.38. The van der Waals surface area contributed by atoms with Gasteiger partial charge in [0.2, 0.25) is 5.91 Å². The van der Waals surface area contributed by atoms with Crippen molar-refractivity contribution in [3.05, 3.63) is 11.8 Å². The molecule has 0 unspecified atom stereocenters. The van der Waals surface area contributed by atoms with E-state index in [1.807, 2.05) is 24.6 Å². The Morgan fingerprint density at radius 1 is 1.32 bits per heavy atom. The molecule has 1 amide bonds. The minimum absolute atomic E-state index is 0.118. The summed E-state index contributed by atoms with van der Waals surface area (Å²) in [5.41, 5.74) is 6.25. The summed E-state index contributed by atoms with van der Waals surface area (Å²) in [7, 11) is 0. The lowest BCUT2D eigenvalue weighted by atomic mass is 9.70. The Morgan fingerprint density at radius 3 is 2.41 bits per heavy atom. The fourth-order valence-corrected chi connectivity index (χ4v) is 3.41. The minimum Gasteiger partial charge on any atom is -0.382 e. The van der Waals surface area contributed by atoms with Gasteiger partial charge in [0.05, 0.1) is 16.6 Å². The summed E-state index contributed by atoms with van der Waals surface area (Å²) in [6.45, 7) is 10.3. The van der Waals surface area contributed by atoms with Crippen LogP contribution in [0.3, 0.4) is 0 Å². The lowest BCUT2D eigenvalue weighted by Crippen LogP contribution is -2.50. The normalized spacial score (nSPS) is 18.5. The van der Waals surface area contributed by atoms with Crippen LogP contribution in [-0.4, -0.2) is 21.7 Å². The maximum absolute atomic E-state index is 13.0. The number of nitrogens with zero attached hydrogens (tertiary/aromatic N) is 2. The van der Waals surface area contributed by atoms with Gasteiger partial charge in [0.15, 0.2) is 0 Å². The highest BCUT2D eigenvalue weighted by Crippen LogP contribution is 2.41. The minimum atomic E-state index is -0.500. The Kier molecular flexibility index (Phi) is 4.54. The molecule has 0 aliphatic heterocycles. The highest BCUT2D eigenvalue weighted by atomic mass is 16.2. The van der Waals surface area contributed by atoms with Crippen molar-refractivity contribution in [2.75, 3.05) is 5.73 Å². The summed E-state index contributed by atoms with van der Waals surface area (Å²) in [4.78, 5) is 13.0. The second kappa shape index (κ2) is 5.94. The standard InChI is InChI=1S/C17H30N4O/c1-12(2)19-15(22)17(9-7-6-8-10-17)13-11-14(18)20-21(13)16(3,4)5/h11-12H,6-10H2,1-5H3,(H2,18,20)(H,19,22). The summed E-state index contributed by atoms with van der Waals surface area (Å²) >= 11 is 0. The van der Waals surface area contributed by atoms with Crippen molar-refractivity contribution in [2.24, 2.45) is 0 Å². The summed E-state index contributed by atoms with van der Waals surface area (Å²) in [5.74, 6) is 0.611. The number of hydrogen-bond acceptors (Lipinski definition) is 3. The van der Waals surface area contributed by atoms with Gasteiger partial charge in [-0.15, -0.1) is 0 Å². The summed E-state index contributed by atoms with van der Waals surface area (Å²) in [6, 6.07) is 2.03. The van der Waals surface area contributed by atoms with E-state index < -0.39 is 5.41 Å². The van der Waals surface area contributed by atoms with E-state index in [-0.39, 0.29) is 17.5 Å². The predicted octanol–water partition coefficient (Wildman–Crippen LogP) is 2.95. The van der Waals surface area contributed by atoms with E-state index in [0.29, 0.717) is 5.82 Å². The molecule has 1 fully saturated rings. The molecule has 5 nitrogen and oxygen atoms in total. The van der Waals surface area contributed by atoms with Crippen molar-refractivity contribution >= 4 is 11.7 Å². The first-order chi connectivity index (χ1) is 10.2. The Labute approximate surface area is 133 Å². The van der Waals surface area contributed by atoms with Crippen molar-refractivity contribution in [3.8, 4) is 0 Å². The number of nitrogens with two attached hydrogens (primary N) is 1. The number of amides is 1. The Bertz CT molecular complexity index is 533. The Hall–Kier alpha value is -1.52. The molecular formula is C17H30N4O. The predicted molar refractivity (Wildman–Crippen MR) is 89.7 cm³/mol. The number of anilines is 1. The number of carbonyl (C=O) groups is 1. The van der Waals surface area contributed by atoms with Gasteiger partial charge in [0.1, 0.15) is 5.82 Å². The average Bonchev–Trinajstić information content (AvgIpc) is 2.81. The first-order valence-corrected chi connectivity index (χ1v) is 8.34.